The van der Waals surface area contributed by atoms with E-state index in [0.717, 1.165) is 11.3 Å². The predicted octanol–water partition coefficient (Wildman–Crippen LogP) is 5.52. The number of benzene rings is 2. The number of rotatable bonds is 5. The number of thiazole rings is 1. The van der Waals surface area contributed by atoms with Crippen LogP contribution in [0.5, 0.6) is 5.75 Å². The van der Waals surface area contributed by atoms with Crippen LogP contribution in [0.15, 0.2) is 46.9 Å². The van der Waals surface area contributed by atoms with Gasteiger partial charge in [-0.25, -0.2) is 9.37 Å². The number of amides is 1. The summed E-state index contributed by atoms with van der Waals surface area (Å²) >= 11 is 6.84. The van der Waals surface area contributed by atoms with Gasteiger partial charge in [-0.05, 0) is 30.3 Å². The van der Waals surface area contributed by atoms with Gasteiger partial charge in [-0.3, -0.25) is 20.2 Å². The molecule has 1 N–H and O–H groups in total. The Kier molecular flexibility index (Phi) is 5.10. The summed E-state index contributed by atoms with van der Waals surface area (Å²) < 4.78 is 24.5. The first-order valence-corrected chi connectivity index (χ1v) is 9.54. The number of aromatic nitrogens is 1. The summed E-state index contributed by atoms with van der Waals surface area (Å²) in [7, 11) is 1.38. The number of hydrogen-bond donors (Lipinski definition) is 1. The highest BCUT2D eigenvalue weighted by Crippen LogP contribution is 2.36. The second-order valence-electron chi connectivity index (χ2n) is 6.02. The molecule has 4 aromatic rings. The molecule has 2 heterocycles. The van der Waals surface area contributed by atoms with Crippen molar-refractivity contribution in [1.29, 1.82) is 0 Å². The van der Waals surface area contributed by atoms with Crippen LogP contribution in [0.4, 0.5) is 15.2 Å². The highest BCUT2D eigenvalue weighted by molar-refractivity contribution is 7.22. The molecule has 0 bridgehead atoms. The van der Waals surface area contributed by atoms with E-state index in [1.54, 1.807) is 6.07 Å². The second kappa shape index (κ2) is 7.73. The van der Waals surface area contributed by atoms with Crippen molar-refractivity contribution in [2.24, 2.45) is 0 Å². The van der Waals surface area contributed by atoms with Crippen LogP contribution in [-0.4, -0.2) is 22.9 Å². The molecular formula is C19H11ClFN3O5S. The van der Waals surface area contributed by atoms with E-state index in [0.29, 0.717) is 21.5 Å². The van der Waals surface area contributed by atoms with Crippen molar-refractivity contribution in [3.05, 3.63) is 69.2 Å². The number of furan rings is 1. The Morgan fingerprint density at radius 2 is 2.10 bits per heavy atom. The number of carbonyl (C=O) groups is 1. The van der Waals surface area contributed by atoms with Gasteiger partial charge in [0.05, 0.1) is 27.8 Å². The number of methoxy groups -OCH3 is 1. The van der Waals surface area contributed by atoms with Gasteiger partial charge >= 0.3 is 0 Å². The van der Waals surface area contributed by atoms with Gasteiger partial charge in [-0.2, -0.15) is 0 Å². The largest absolute Gasteiger partial charge is 0.494 e. The third-order valence-corrected chi connectivity index (χ3v) is 5.34. The number of nitrogens with one attached hydrogen (secondary N) is 1. The van der Waals surface area contributed by atoms with E-state index in [9.17, 15) is 19.3 Å². The summed E-state index contributed by atoms with van der Waals surface area (Å²) in [5.41, 5.74) is 0.761. The molecule has 0 aliphatic carbocycles. The predicted molar refractivity (Wildman–Crippen MR) is 110 cm³/mol. The Hall–Kier alpha value is -3.50. The van der Waals surface area contributed by atoms with E-state index in [2.05, 4.69) is 10.3 Å². The molecule has 0 aliphatic heterocycles. The Morgan fingerprint density at radius 3 is 2.80 bits per heavy atom. The third kappa shape index (κ3) is 3.70. The van der Waals surface area contributed by atoms with Crippen LogP contribution >= 0.6 is 22.9 Å². The fourth-order valence-corrected chi connectivity index (χ4v) is 3.81. The molecule has 1 amide bonds. The third-order valence-electron chi connectivity index (χ3n) is 4.13. The first-order valence-electron chi connectivity index (χ1n) is 8.35. The first-order chi connectivity index (χ1) is 14.4. The summed E-state index contributed by atoms with van der Waals surface area (Å²) in [6.07, 6.45) is 0. The Morgan fingerprint density at radius 1 is 1.30 bits per heavy atom. The number of halogens is 2. The molecule has 0 atom stereocenters. The Balaban J connectivity index is 1.59. The number of nitro benzene ring substituents is 1. The lowest BCUT2D eigenvalue weighted by Gasteiger charge is -2.00. The van der Waals surface area contributed by atoms with Gasteiger partial charge in [0, 0.05) is 11.6 Å². The van der Waals surface area contributed by atoms with E-state index >= 15 is 0 Å². The molecule has 0 saturated carbocycles. The lowest BCUT2D eigenvalue weighted by Crippen LogP contribution is -2.10. The summed E-state index contributed by atoms with van der Waals surface area (Å²) in [6, 6.07) is 9.71. The van der Waals surface area contributed by atoms with E-state index < -0.39 is 16.6 Å². The number of hydrogen-bond acceptors (Lipinski definition) is 7. The minimum atomic E-state index is -0.568. The molecule has 0 radical (unpaired) electrons. The van der Waals surface area contributed by atoms with Gasteiger partial charge in [-0.15, -0.1) is 0 Å². The number of nitro groups is 1. The van der Waals surface area contributed by atoms with Crippen LogP contribution in [0.25, 0.3) is 21.5 Å². The molecule has 2 aromatic carbocycles. The monoisotopic (exact) mass is 447 g/mol. The number of anilines is 1. The quantitative estimate of drug-likeness (QED) is 0.319. The first kappa shape index (κ1) is 19.8. The zero-order valence-electron chi connectivity index (χ0n) is 15.1. The molecule has 152 valence electrons. The minimum Gasteiger partial charge on any atom is -0.494 e. The molecule has 0 saturated heterocycles. The van der Waals surface area contributed by atoms with Crippen molar-refractivity contribution >= 4 is 49.9 Å². The molecular weight excluding hydrogens is 437 g/mol. The molecule has 0 spiro atoms. The molecule has 0 unspecified atom stereocenters. The van der Waals surface area contributed by atoms with Crippen LogP contribution in [0.2, 0.25) is 5.02 Å². The smallest absolute Gasteiger partial charge is 0.293 e. The molecule has 30 heavy (non-hydrogen) atoms. The van der Waals surface area contributed by atoms with Crippen molar-refractivity contribution in [2.45, 2.75) is 0 Å². The molecule has 2 aromatic heterocycles. The topological polar surface area (TPSA) is 108 Å². The summed E-state index contributed by atoms with van der Waals surface area (Å²) in [4.78, 5) is 27.3. The molecule has 0 aliphatic rings. The summed E-state index contributed by atoms with van der Waals surface area (Å²) in [5, 5.41) is 13.8. The highest BCUT2D eigenvalue weighted by Gasteiger charge is 2.19. The molecule has 8 nitrogen and oxygen atoms in total. The number of ether oxygens (including phenoxy) is 1. The van der Waals surface area contributed by atoms with E-state index in [1.807, 2.05) is 0 Å². The lowest BCUT2D eigenvalue weighted by atomic mass is 10.2. The number of non-ortho nitro benzene ring substituents is 1. The van der Waals surface area contributed by atoms with Crippen LogP contribution < -0.4 is 10.1 Å². The maximum Gasteiger partial charge on any atom is 0.293 e. The molecule has 11 heteroatoms. The van der Waals surface area contributed by atoms with E-state index in [1.165, 1.54) is 43.5 Å². The van der Waals surface area contributed by atoms with Gasteiger partial charge in [0.15, 0.2) is 16.6 Å². The highest BCUT2D eigenvalue weighted by atomic mass is 35.5. The molecule has 0 fully saturated rings. The molecule has 4 rings (SSSR count). The zero-order chi connectivity index (χ0) is 21.4. The van der Waals surface area contributed by atoms with Crippen LogP contribution in [0, 0.1) is 15.9 Å². The number of fused-ring (bicyclic) bond motifs is 1. The van der Waals surface area contributed by atoms with Gasteiger partial charge in [-0.1, -0.05) is 22.9 Å². The minimum absolute atomic E-state index is 0.00245. The van der Waals surface area contributed by atoms with Crippen molar-refractivity contribution < 1.29 is 23.3 Å². The van der Waals surface area contributed by atoms with Crippen molar-refractivity contribution in [2.75, 3.05) is 12.4 Å². The van der Waals surface area contributed by atoms with E-state index in [-0.39, 0.29) is 27.4 Å². The fourth-order valence-electron chi connectivity index (χ4n) is 2.72. The Labute approximate surface area is 177 Å². The van der Waals surface area contributed by atoms with Crippen molar-refractivity contribution in [1.82, 2.24) is 4.98 Å². The van der Waals surface area contributed by atoms with Crippen molar-refractivity contribution in [3.8, 4) is 17.1 Å². The van der Waals surface area contributed by atoms with Crippen molar-refractivity contribution in [3.63, 3.8) is 0 Å². The van der Waals surface area contributed by atoms with Gasteiger partial charge in [0.25, 0.3) is 11.6 Å². The lowest BCUT2D eigenvalue weighted by molar-refractivity contribution is -0.384. The standard InChI is InChI=1S/C19H11ClFN3O5S/c1-28-15-7-10(24(26)27)8-16-17(15)22-19(30-16)23-18(25)14-5-4-13(29-14)9-2-3-12(21)11(20)6-9/h2-8H,1H3,(H,22,23,25). The normalized spacial score (nSPS) is 10.9. The average Bonchev–Trinajstić information content (AvgIpc) is 3.36. The Bertz CT molecular complexity index is 1300. The van der Waals surface area contributed by atoms with E-state index in [4.69, 9.17) is 20.8 Å². The summed E-state index contributed by atoms with van der Waals surface area (Å²) in [5.74, 6) is -0.561. The SMILES string of the molecule is COc1cc([N+](=O)[O-])cc2sc(NC(=O)c3ccc(-c4ccc(F)c(Cl)c4)o3)nc12. The maximum atomic E-state index is 13.3. The van der Waals surface area contributed by atoms with Gasteiger partial charge in [0.2, 0.25) is 0 Å². The van der Waals surface area contributed by atoms with Crippen LogP contribution in [-0.2, 0) is 0 Å². The zero-order valence-corrected chi connectivity index (χ0v) is 16.7. The number of carbonyl (C=O) groups excluding carboxylic acids is 1. The van der Waals surface area contributed by atoms with Gasteiger partial charge < -0.3 is 9.15 Å². The number of nitrogens with zero attached hydrogens (tertiary/aromatic N) is 2. The van der Waals surface area contributed by atoms with Gasteiger partial charge in [0.1, 0.15) is 17.1 Å². The van der Waals surface area contributed by atoms with Crippen LogP contribution in [0.1, 0.15) is 10.6 Å². The maximum absolute atomic E-state index is 13.3. The fraction of sp³-hybridized carbons (Fsp3) is 0.0526. The van der Waals surface area contributed by atoms with Crippen LogP contribution in [0.3, 0.4) is 0 Å². The average molecular weight is 448 g/mol. The summed E-state index contributed by atoms with van der Waals surface area (Å²) in [6.45, 7) is 0. The second-order valence-corrected chi connectivity index (χ2v) is 7.46.